The standard InChI is InChI=1S/C20H13F3N4O4/c21-20(22,23)30-14-4-1-12(2-5-14)17-10-27(26-24-17)9-15-8-16(25-31-15)13-3-6-18-19(7-13)29-11-28-18/h1-8,10H,9,11H2. The molecule has 5 rings (SSSR count). The maximum atomic E-state index is 12.3. The van der Waals surface area contributed by atoms with Gasteiger partial charge in [-0.2, -0.15) is 0 Å². The van der Waals surface area contributed by atoms with Gasteiger partial charge >= 0.3 is 6.36 Å². The highest BCUT2D eigenvalue weighted by molar-refractivity contribution is 5.64. The lowest BCUT2D eigenvalue weighted by atomic mass is 10.1. The van der Waals surface area contributed by atoms with E-state index in [9.17, 15) is 13.2 Å². The van der Waals surface area contributed by atoms with Crippen molar-refractivity contribution in [1.29, 1.82) is 0 Å². The van der Waals surface area contributed by atoms with E-state index in [1.54, 1.807) is 23.0 Å². The van der Waals surface area contributed by atoms with Crippen molar-refractivity contribution < 1.29 is 31.9 Å². The summed E-state index contributed by atoms with van der Waals surface area (Å²) in [5, 5.41) is 12.2. The van der Waals surface area contributed by atoms with Crippen molar-refractivity contribution in [1.82, 2.24) is 20.2 Å². The normalized spacial score (nSPS) is 12.9. The van der Waals surface area contributed by atoms with Gasteiger partial charge in [-0.1, -0.05) is 10.4 Å². The fourth-order valence-electron chi connectivity index (χ4n) is 3.07. The van der Waals surface area contributed by atoms with Crippen molar-refractivity contribution in [2.24, 2.45) is 0 Å². The third-order valence-corrected chi connectivity index (χ3v) is 4.47. The van der Waals surface area contributed by atoms with Crippen LogP contribution in [0.2, 0.25) is 0 Å². The first-order chi connectivity index (χ1) is 14.9. The van der Waals surface area contributed by atoms with E-state index in [2.05, 4.69) is 20.2 Å². The van der Waals surface area contributed by atoms with Crippen molar-refractivity contribution in [2.75, 3.05) is 6.79 Å². The minimum atomic E-state index is -4.73. The fourth-order valence-corrected chi connectivity index (χ4v) is 3.07. The van der Waals surface area contributed by atoms with Gasteiger partial charge in [-0.05, 0) is 42.5 Å². The predicted molar refractivity (Wildman–Crippen MR) is 99.3 cm³/mol. The molecule has 31 heavy (non-hydrogen) atoms. The largest absolute Gasteiger partial charge is 0.573 e. The zero-order valence-electron chi connectivity index (χ0n) is 15.7. The van der Waals surface area contributed by atoms with Crippen LogP contribution in [-0.2, 0) is 6.54 Å². The van der Waals surface area contributed by atoms with Crippen molar-refractivity contribution in [3.8, 4) is 39.8 Å². The van der Waals surface area contributed by atoms with E-state index in [1.165, 1.54) is 24.3 Å². The molecule has 0 spiro atoms. The molecule has 0 atom stereocenters. The van der Waals surface area contributed by atoms with E-state index in [0.717, 1.165) is 5.56 Å². The highest BCUT2D eigenvalue weighted by atomic mass is 19.4. The van der Waals surface area contributed by atoms with Gasteiger partial charge in [-0.15, -0.1) is 18.3 Å². The van der Waals surface area contributed by atoms with Crippen molar-refractivity contribution in [3.05, 3.63) is 60.5 Å². The molecule has 0 saturated heterocycles. The second kappa shape index (κ2) is 7.35. The zero-order valence-corrected chi connectivity index (χ0v) is 15.7. The average Bonchev–Trinajstić information content (AvgIpc) is 3.48. The molecular weight excluding hydrogens is 417 g/mol. The molecule has 0 N–H and O–H groups in total. The molecule has 0 aliphatic carbocycles. The number of hydrogen-bond donors (Lipinski definition) is 0. The minimum Gasteiger partial charge on any atom is -0.454 e. The van der Waals surface area contributed by atoms with Crippen LogP contribution >= 0.6 is 0 Å². The molecule has 8 nitrogen and oxygen atoms in total. The Hall–Kier alpha value is -4.02. The number of hydrogen-bond acceptors (Lipinski definition) is 7. The van der Waals surface area contributed by atoms with Crippen LogP contribution in [0.25, 0.3) is 22.5 Å². The lowest BCUT2D eigenvalue weighted by Crippen LogP contribution is -2.16. The smallest absolute Gasteiger partial charge is 0.454 e. The highest BCUT2D eigenvalue weighted by Crippen LogP contribution is 2.35. The predicted octanol–water partition coefficient (Wildman–Crippen LogP) is 4.28. The third kappa shape index (κ3) is 4.15. The van der Waals surface area contributed by atoms with Gasteiger partial charge in [0.05, 0.1) is 6.20 Å². The van der Waals surface area contributed by atoms with Gasteiger partial charge in [-0.25, -0.2) is 4.68 Å². The summed E-state index contributed by atoms with van der Waals surface area (Å²) < 4.78 is 58.3. The maximum Gasteiger partial charge on any atom is 0.573 e. The zero-order chi connectivity index (χ0) is 21.4. The monoisotopic (exact) mass is 430 g/mol. The quantitative estimate of drug-likeness (QED) is 0.467. The van der Waals surface area contributed by atoms with Crippen LogP contribution in [0.3, 0.4) is 0 Å². The summed E-state index contributed by atoms with van der Waals surface area (Å²) in [6.07, 6.45) is -3.08. The van der Waals surface area contributed by atoms with Gasteiger partial charge in [-0.3, -0.25) is 0 Å². The lowest BCUT2D eigenvalue weighted by Gasteiger charge is -2.08. The van der Waals surface area contributed by atoms with Crippen LogP contribution in [0.15, 0.2) is 59.3 Å². The molecular formula is C20H13F3N4O4. The Morgan fingerprint density at radius 1 is 0.935 bits per heavy atom. The summed E-state index contributed by atoms with van der Waals surface area (Å²) in [5.74, 6) is 1.58. The Labute approximate surface area is 172 Å². The summed E-state index contributed by atoms with van der Waals surface area (Å²) in [4.78, 5) is 0. The average molecular weight is 430 g/mol. The summed E-state index contributed by atoms with van der Waals surface area (Å²) in [6, 6.07) is 12.6. The van der Waals surface area contributed by atoms with E-state index in [0.29, 0.717) is 34.2 Å². The van der Waals surface area contributed by atoms with Crippen molar-refractivity contribution >= 4 is 0 Å². The molecule has 0 bridgehead atoms. The molecule has 0 unspecified atom stereocenters. The molecule has 0 fully saturated rings. The molecule has 2 aromatic heterocycles. The van der Waals surface area contributed by atoms with Crippen molar-refractivity contribution in [3.63, 3.8) is 0 Å². The molecule has 1 aliphatic heterocycles. The first-order valence-electron chi connectivity index (χ1n) is 9.05. The van der Waals surface area contributed by atoms with E-state index < -0.39 is 6.36 Å². The maximum absolute atomic E-state index is 12.3. The first kappa shape index (κ1) is 19.0. The number of halogens is 3. The number of aromatic nitrogens is 4. The molecule has 4 aromatic rings. The van der Waals surface area contributed by atoms with Gasteiger partial charge in [0, 0.05) is 17.2 Å². The van der Waals surface area contributed by atoms with E-state index in [1.807, 2.05) is 12.1 Å². The second-order valence-corrected chi connectivity index (χ2v) is 6.62. The molecule has 1 aliphatic rings. The number of rotatable bonds is 5. The summed E-state index contributed by atoms with van der Waals surface area (Å²) in [5.41, 5.74) is 2.54. The van der Waals surface area contributed by atoms with Crippen LogP contribution in [0.5, 0.6) is 17.2 Å². The Bertz CT molecular complexity index is 1220. The van der Waals surface area contributed by atoms with Gasteiger partial charge in [0.25, 0.3) is 0 Å². The number of ether oxygens (including phenoxy) is 3. The van der Waals surface area contributed by atoms with Gasteiger partial charge in [0.1, 0.15) is 23.7 Å². The molecule has 2 aromatic carbocycles. The molecule has 11 heteroatoms. The summed E-state index contributed by atoms with van der Waals surface area (Å²) in [7, 11) is 0. The van der Waals surface area contributed by atoms with Crippen molar-refractivity contribution in [2.45, 2.75) is 12.9 Å². The second-order valence-electron chi connectivity index (χ2n) is 6.62. The summed E-state index contributed by atoms with van der Waals surface area (Å²) in [6.45, 7) is 0.468. The third-order valence-electron chi connectivity index (χ3n) is 4.47. The Morgan fingerprint density at radius 2 is 1.71 bits per heavy atom. The Kier molecular flexibility index (Phi) is 4.50. The number of benzene rings is 2. The van der Waals surface area contributed by atoms with Crippen LogP contribution in [0, 0.1) is 0 Å². The van der Waals surface area contributed by atoms with E-state index >= 15 is 0 Å². The number of alkyl halides is 3. The van der Waals surface area contributed by atoms with E-state index in [4.69, 9.17) is 14.0 Å². The lowest BCUT2D eigenvalue weighted by molar-refractivity contribution is -0.274. The molecule has 0 amide bonds. The molecule has 3 heterocycles. The molecule has 158 valence electrons. The molecule has 0 saturated carbocycles. The van der Waals surface area contributed by atoms with Crippen LogP contribution < -0.4 is 14.2 Å². The van der Waals surface area contributed by atoms with Crippen LogP contribution in [0.4, 0.5) is 13.2 Å². The first-order valence-corrected chi connectivity index (χ1v) is 9.05. The van der Waals surface area contributed by atoms with Gasteiger partial charge in [0.15, 0.2) is 17.3 Å². The highest BCUT2D eigenvalue weighted by Gasteiger charge is 2.31. The van der Waals surface area contributed by atoms with Gasteiger partial charge in [0.2, 0.25) is 6.79 Å². The van der Waals surface area contributed by atoms with Crippen LogP contribution in [0.1, 0.15) is 5.76 Å². The fraction of sp³-hybridized carbons (Fsp3) is 0.150. The number of nitrogens with zero attached hydrogens (tertiary/aromatic N) is 4. The Morgan fingerprint density at radius 3 is 2.52 bits per heavy atom. The van der Waals surface area contributed by atoms with E-state index in [-0.39, 0.29) is 19.1 Å². The SMILES string of the molecule is FC(F)(F)Oc1ccc(-c2cn(Cc3cc(-c4ccc5c(c4)OCO5)no3)nn2)cc1. The molecule has 0 radical (unpaired) electrons. The van der Waals surface area contributed by atoms with Crippen LogP contribution in [-0.4, -0.2) is 33.3 Å². The number of fused-ring (bicyclic) bond motifs is 1. The summed E-state index contributed by atoms with van der Waals surface area (Å²) >= 11 is 0. The topological polar surface area (TPSA) is 84.4 Å². The Balaban J connectivity index is 1.28. The van der Waals surface area contributed by atoms with Gasteiger partial charge < -0.3 is 18.7 Å². The minimum absolute atomic E-state index is 0.190.